The van der Waals surface area contributed by atoms with Crippen LogP contribution < -0.4 is 13.6 Å². The molecule has 1 rings (SSSR count). The summed E-state index contributed by atoms with van der Waals surface area (Å²) in [5.41, 5.74) is 0. The summed E-state index contributed by atoms with van der Waals surface area (Å²) in [5, 5.41) is 6.22. The molecule has 3 N–H and O–H groups in total. The van der Waals surface area contributed by atoms with Gasteiger partial charge in [-0.2, -0.15) is 0 Å². The van der Waals surface area contributed by atoms with Gasteiger partial charge in [-0.1, -0.05) is 27.7 Å². The average molecular weight is 489 g/mol. The third kappa shape index (κ3) is 9.28. The molecule has 0 unspecified atom stereocenters. The zero-order valence-corrected chi connectivity index (χ0v) is 24.4. The largest absolute Gasteiger partial charge is 0.317 e. The van der Waals surface area contributed by atoms with E-state index < -0.39 is 26.8 Å². The summed E-state index contributed by atoms with van der Waals surface area (Å²) in [6, 6.07) is 0. The van der Waals surface area contributed by atoms with Gasteiger partial charge in [-0.3, -0.25) is 0 Å². The van der Waals surface area contributed by atoms with E-state index in [-0.39, 0.29) is 3.12 Å². The van der Waals surface area contributed by atoms with Crippen molar-refractivity contribution in [3.63, 3.8) is 0 Å². The van der Waals surface area contributed by atoms with Crippen molar-refractivity contribution in [1.29, 1.82) is 0 Å². The van der Waals surface area contributed by atoms with Gasteiger partial charge in [0.1, 0.15) is 0 Å². The topological polar surface area (TPSA) is 36.1 Å². The number of allylic oxidation sites excluding steroid dienone is 4. The van der Waals surface area contributed by atoms with Crippen LogP contribution in [-0.2, 0) is 18.6 Å². The number of rotatable bonds is 7. The van der Waals surface area contributed by atoms with Crippen LogP contribution in [0, 0.1) is 0 Å². The molecule has 3 nitrogen and oxygen atoms in total. The molecule has 1 aliphatic rings. The SMILES string of the molecule is C=[C]=[Zr]([CH3])([NH][Si](C)(C)C)([C]1=CC=CC1)[C](C)(C)C.CCNCC.CCNCC. The molecule has 0 fully saturated rings. The van der Waals surface area contributed by atoms with Crippen LogP contribution in [0.5, 0.6) is 0 Å². The number of hydrogen-bond donors (Lipinski definition) is 3. The first-order chi connectivity index (χ1) is 12.8. The van der Waals surface area contributed by atoms with Crippen molar-refractivity contribution in [2.75, 3.05) is 26.2 Å². The zero-order chi connectivity index (χ0) is 22.5. The molecule has 0 heterocycles. The van der Waals surface area contributed by atoms with E-state index in [9.17, 15) is 0 Å². The van der Waals surface area contributed by atoms with Crippen molar-refractivity contribution in [3.8, 4) is 0 Å². The minimum absolute atomic E-state index is 0.223. The first-order valence-electron chi connectivity index (χ1n) is 11.1. The zero-order valence-electron chi connectivity index (χ0n) is 21.0. The van der Waals surface area contributed by atoms with Crippen LogP contribution in [0.2, 0.25) is 27.4 Å². The smallest absolute Gasteiger partial charge is 0.00775 e. The fraction of sp³-hybridized carbons (Fsp3) is 0.739. The van der Waals surface area contributed by atoms with Crippen LogP contribution in [0.1, 0.15) is 54.9 Å². The van der Waals surface area contributed by atoms with Crippen LogP contribution >= 0.6 is 0 Å². The van der Waals surface area contributed by atoms with Crippen molar-refractivity contribution >= 4 is 11.6 Å². The predicted molar refractivity (Wildman–Crippen MR) is 133 cm³/mol. The maximum atomic E-state index is 4.16. The Labute approximate surface area is 179 Å². The summed E-state index contributed by atoms with van der Waals surface area (Å²) in [7, 11) is -1.39. The van der Waals surface area contributed by atoms with Gasteiger partial charge in [0.15, 0.2) is 0 Å². The summed E-state index contributed by atoms with van der Waals surface area (Å²) >= 11 is -3.47. The predicted octanol–water partition coefficient (Wildman–Crippen LogP) is 5.94. The molecule has 0 bridgehead atoms. The van der Waals surface area contributed by atoms with Crippen molar-refractivity contribution in [2.45, 2.75) is 82.3 Å². The van der Waals surface area contributed by atoms with Crippen LogP contribution in [0.25, 0.3) is 0 Å². The van der Waals surface area contributed by atoms with E-state index in [0.29, 0.717) is 0 Å². The van der Waals surface area contributed by atoms with E-state index in [2.05, 4.69) is 114 Å². The minimum atomic E-state index is -3.47. The molecule has 0 aliphatic heterocycles. The Morgan fingerprint density at radius 1 is 1.00 bits per heavy atom. The second-order valence-corrected chi connectivity index (χ2v) is 31.1. The molecule has 0 atom stereocenters. The minimum Gasteiger partial charge on any atom is -0.317 e. The van der Waals surface area contributed by atoms with Crippen LogP contribution in [-0.4, -0.2) is 37.8 Å². The Morgan fingerprint density at radius 2 is 1.43 bits per heavy atom. The average Bonchev–Trinajstić information content (AvgIpc) is 3.10. The molecule has 0 aromatic heterocycles. The van der Waals surface area contributed by atoms with Gasteiger partial charge in [-0.05, 0) is 26.2 Å². The van der Waals surface area contributed by atoms with E-state index in [1.807, 2.05) is 0 Å². The monoisotopic (exact) mass is 487 g/mol. The standard InChI is InChI=1S/C5H5.2C4H11N.C4H9.C3H10NSi.C2H2.CH3.Zr/c1-2-4-5-3-1;2*1-3-5-4-2;1-4(2)3;1-5(2,3)4;1-2;;/h1-3H,4H2;2*5H,3-4H2,1-2H3;1-3H3;4H,1-3H3;1H2;1H3;/q;;;;-1;;;+1. The van der Waals surface area contributed by atoms with Crippen LogP contribution in [0.3, 0.4) is 0 Å². The van der Waals surface area contributed by atoms with Crippen molar-refractivity contribution in [3.05, 3.63) is 28.1 Å². The molecule has 5 heteroatoms. The first-order valence-corrected chi connectivity index (χ1v) is 21.9. The van der Waals surface area contributed by atoms with Gasteiger partial charge >= 0.3 is 116 Å². The number of nitrogens with one attached hydrogen (secondary N) is 3. The quantitative estimate of drug-likeness (QED) is 0.388. The van der Waals surface area contributed by atoms with E-state index in [0.717, 1.165) is 32.6 Å². The molecule has 0 aromatic rings. The fourth-order valence-electron chi connectivity index (χ4n) is 3.52. The van der Waals surface area contributed by atoms with E-state index >= 15 is 0 Å². The molecule has 166 valence electrons. The summed E-state index contributed by atoms with van der Waals surface area (Å²) < 4.78 is 12.0. The fourth-order valence-corrected chi connectivity index (χ4v) is 31.5. The Balaban J connectivity index is 0. The van der Waals surface area contributed by atoms with Gasteiger partial charge < -0.3 is 10.6 Å². The van der Waals surface area contributed by atoms with Crippen molar-refractivity contribution in [1.82, 2.24) is 13.6 Å². The van der Waals surface area contributed by atoms with Gasteiger partial charge in [0.05, 0.1) is 0 Å². The Kier molecular flexibility index (Phi) is 14.5. The summed E-state index contributed by atoms with van der Waals surface area (Å²) in [4.78, 5) is 0. The van der Waals surface area contributed by atoms with Gasteiger partial charge in [-0.25, -0.2) is 0 Å². The van der Waals surface area contributed by atoms with Gasteiger partial charge in [0, 0.05) is 0 Å². The van der Waals surface area contributed by atoms with Crippen LogP contribution in [0.15, 0.2) is 28.1 Å². The van der Waals surface area contributed by atoms with E-state index in [4.69, 9.17) is 0 Å². The summed E-state index contributed by atoms with van der Waals surface area (Å²) in [6.45, 7) is 31.2. The van der Waals surface area contributed by atoms with Crippen LogP contribution in [0.4, 0.5) is 0 Å². The Hall–Kier alpha value is 0.110. The molecule has 28 heavy (non-hydrogen) atoms. The summed E-state index contributed by atoms with van der Waals surface area (Å²) in [6.07, 6.45) is 7.86. The second kappa shape index (κ2) is 13.4. The Bertz CT molecular complexity index is 578. The van der Waals surface area contributed by atoms with Gasteiger partial charge in [0.2, 0.25) is 0 Å². The van der Waals surface area contributed by atoms with E-state index in [1.54, 1.807) is 3.28 Å². The molecule has 0 radical (unpaired) electrons. The number of hydrogen-bond acceptors (Lipinski definition) is 3. The van der Waals surface area contributed by atoms with Gasteiger partial charge in [-0.15, -0.1) is 0 Å². The summed E-state index contributed by atoms with van der Waals surface area (Å²) in [5.74, 6) is 0. The molecular formula is C23H51N3SiZr. The second-order valence-electron chi connectivity index (χ2n) is 9.79. The maximum absolute atomic E-state index is 4.16. The molecule has 0 saturated heterocycles. The molecular weight excluding hydrogens is 438 g/mol. The Morgan fingerprint density at radius 3 is 1.61 bits per heavy atom. The molecule has 0 aromatic carbocycles. The molecule has 0 amide bonds. The van der Waals surface area contributed by atoms with Crippen molar-refractivity contribution in [2.24, 2.45) is 0 Å². The molecule has 0 saturated carbocycles. The maximum Gasteiger partial charge on any atom is -0.00775 e. The van der Waals surface area contributed by atoms with E-state index in [1.165, 1.54) is 0 Å². The third-order valence-electron chi connectivity index (χ3n) is 5.58. The first kappa shape index (κ1) is 30.3. The molecule has 1 aliphatic carbocycles. The normalized spacial score (nSPS) is 14.4. The third-order valence-corrected chi connectivity index (χ3v) is 33.3. The van der Waals surface area contributed by atoms with Crippen molar-refractivity contribution < 1.29 is 18.6 Å². The van der Waals surface area contributed by atoms with Gasteiger partial charge in [0.25, 0.3) is 0 Å². The molecule has 0 spiro atoms.